The third-order valence-corrected chi connectivity index (χ3v) is 3.37. The Morgan fingerprint density at radius 1 is 1.32 bits per heavy atom. The number of nitrogens with zero attached hydrogens (tertiary/aromatic N) is 1. The number of benzene rings is 1. The number of β-amino-alcohol motifs (C(OH)–C–C–N with tert-alkyl or cyclic N) is 2. The molecule has 1 aliphatic heterocycles. The third kappa shape index (κ3) is 5.28. The molecule has 0 bridgehead atoms. The van der Waals surface area contributed by atoms with Gasteiger partial charge >= 0.3 is 0 Å². The van der Waals surface area contributed by atoms with Crippen molar-refractivity contribution in [2.24, 2.45) is 0 Å². The van der Waals surface area contributed by atoms with E-state index >= 15 is 0 Å². The van der Waals surface area contributed by atoms with Crippen LogP contribution < -0.4 is 0 Å². The Hall–Kier alpha value is -0.940. The van der Waals surface area contributed by atoms with E-state index in [0.29, 0.717) is 26.3 Å². The van der Waals surface area contributed by atoms with E-state index in [1.807, 2.05) is 30.3 Å². The summed E-state index contributed by atoms with van der Waals surface area (Å²) in [6.45, 7) is 3.05. The second-order valence-electron chi connectivity index (χ2n) is 5.21. The summed E-state index contributed by atoms with van der Waals surface area (Å²) in [4.78, 5) is 2.10. The van der Waals surface area contributed by atoms with Gasteiger partial charge in [-0.1, -0.05) is 30.3 Å². The maximum absolute atomic E-state index is 9.92. The second-order valence-corrected chi connectivity index (χ2v) is 5.21. The Kier molecular flexibility index (Phi) is 5.79. The van der Waals surface area contributed by atoms with Gasteiger partial charge in [0.15, 0.2) is 0 Å². The normalized spacial score (nSPS) is 22.3. The summed E-state index contributed by atoms with van der Waals surface area (Å²) >= 11 is 0. The minimum atomic E-state index is -0.492. The standard InChI is InChI=1S/C15H23NO3/c17-14-7-4-8-16(9-14)10-15(18)12-19-11-13-5-2-1-3-6-13/h1-3,5-6,14-15,17-18H,4,7-12H2/t14-,15-/m0/s1. The summed E-state index contributed by atoms with van der Waals surface area (Å²) in [5.41, 5.74) is 1.11. The summed E-state index contributed by atoms with van der Waals surface area (Å²) in [5, 5.41) is 19.5. The topological polar surface area (TPSA) is 52.9 Å². The van der Waals surface area contributed by atoms with Crippen LogP contribution in [0.15, 0.2) is 30.3 Å². The van der Waals surface area contributed by atoms with Crippen LogP contribution in [0, 0.1) is 0 Å². The van der Waals surface area contributed by atoms with E-state index in [2.05, 4.69) is 4.90 Å². The number of piperidine rings is 1. The fraction of sp³-hybridized carbons (Fsp3) is 0.600. The first kappa shape index (κ1) is 14.5. The van der Waals surface area contributed by atoms with E-state index in [1.54, 1.807) is 0 Å². The molecule has 0 amide bonds. The number of hydrogen-bond acceptors (Lipinski definition) is 4. The Bertz CT molecular complexity index is 358. The van der Waals surface area contributed by atoms with Gasteiger partial charge in [0, 0.05) is 13.1 Å². The molecule has 0 aromatic heterocycles. The summed E-state index contributed by atoms with van der Waals surface area (Å²) in [6.07, 6.45) is 1.13. The minimum Gasteiger partial charge on any atom is -0.392 e. The summed E-state index contributed by atoms with van der Waals surface area (Å²) in [5.74, 6) is 0. The molecule has 0 radical (unpaired) electrons. The average molecular weight is 265 g/mol. The molecule has 4 heteroatoms. The first-order valence-electron chi connectivity index (χ1n) is 6.94. The lowest BCUT2D eigenvalue weighted by Gasteiger charge is -2.31. The molecule has 0 spiro atoms. The molecule has 0 saturated carbocycles. The lowest BCUT2D eigenvalue weighted by molar-refractivity contribution is -0.00734. The maximum Gasteiger partial charge on any atom is 0.0900 e. The van der Waals surface area contributed by atoms with Gasteiger partial charge < -0.3 is 14.9 Å². The summed E-state index contributed by atoms with van der Waals surface area (Å²) < 4.78 is 5.51. The van der Waals surface area contributed by atoms with E-state index in [9.17, 15) is 10.2 Å². The van der Waals surface area contributed by atoms with Crippen LogP contribution in [0.1, 0.15) is 18.4 Å². The van der Waals surface area contributed by atoms with Crippen molar-refractivity contribution in [1.29, 1.82) is 0 Å². The first-order chi connectivity index (χ1) is 9.24. The molecule has 2 N–H and O–H groups in total. The summed E-state index contributed by atoms with van der Waals surface area (Å²) in [6, 6.07) is 9.94. The van der Waals surface area contributed by atoms with Gasteiger partial charge in [-0.3, -0.25) is 4.90 Å². The van der Waals surface area contributed by atoms with Crippen molar-refractivity contribution in [3.8, 4) is 0 Å². The van der Waals surface area contributed by atoms with Gasteiger partial charge in [0.05, 0.1) is 25.4 Å². The predicted molar refractivity (Wildman–Crippen MR) is 73.8 cm³/mol. The molecule has 1 aromatic rings. The lowest BCUT2D eigenvalue weighted by Crippen LogP contribution is -2.43. The number of aliphatic hydroxyl groups is 2. The lowest BCUT2D eigenvalue weighted by atomic mass is 10.1. The number of ether oxygens (including phenoxy) is 1. The van der Waals surface area contributed by atoms with Crippen LogP contribution in [0.4, 0.5) is 0 Å². The van der Waals surface area contributed by atoms with Gasteiger partial charge in [0.25, 0.3) is 0 Å². The van der Waals surface area contributed by atoms with Crippen molar-refractivity contribution in [2.75, 3.05) is 26.2 Å². The second kappa shape index (κ2) is 7.60. The molecule has 0 aliphatic carbocycles. The van der Waals surface area contributed by atoms with Crippen LogP contribution in [0.3, 0.4) is 0 Å². The highest BCUT2D eigenvalue weighted by Gasteiger charge is 2.19. The molecule has 0 unspecified atom stereocenters. The number of likely N-dealkylation sites (tertiary alicyclic amines) is 1. The third-order valence-electron chi connectivity index (χ3n) is 3.37. The molecule has 1 fully saturated rings. The van der Waals surface area contributed by atoms with E-state index in [4.69, 9.17) is 4.74 Å². The highest BCUT2D eigenvalue weighted by atomic mass is 16.5. The first-order valence-corrected chi connectivity index (χ1v) is 6.94. The molecular weight excluding hydrogens is 242 g/mol. The van der Waals surface area contributed by atoms with Crippen LogP contribution in [0.5, 0.6) is 0 Å². The number of hydrogen-bond donors (Lipinski definition) is 2. The molecule has 1 saturated heterocycles. The molecule has 1 aliphatic rings. The van der Waals surface area contributed by atoms with Crippen molar-refractivity contribution in [3.05, 3.63) is 35.9 Å². The molecule has 1 aromatic carbocycles. The van der Waals surface area contributed by atoms with Gasteiger partial charge in [0.1, 0.15) is 0 Å². The van der Waals surface area contributed by atoms with Crippen LogP contribution in [0.2, 0.25) is 0 Å². The van der Waals surface area contributed by atoms with E-state index in [-0.39, 0.29) is 6.10 Å². The van der Waals surface area contributed by atoms with Gasteiger partial charge in [-0.25, -0.2) is 0 Å². The van der Waals surface area contributed by atoms with Crippen molar-refractivity contribution in [3.63, 3.8) is 0 Å². The molecule has 2 atom stereocenters. The van der Waals surface area contributed by atoms with Crippen molar-refractivity contribution >= 4 is 0 Å². The van der Waals surface area contributed by atoms with Gasteiger partial charge in [-0.15, -0.1) is 0 Å². The van der Waals surface area contributed by atoms with Gasteiger partial charge in [0.2, 0.25) is 0 Å². The molecule has 4 nitrogen and oxygen atoms in total. The Balaban J connectivity index is 1.63. The summed E-state index contributed by atoms with van der Waals surface area (Å²) in [7, 11) is 0. The Morgan fingerprint density at radius 3 is 2.84 bits per heavy atom. The van der Waals surface area contributed by atoms with Gasteiger partial charge in [-0.05, 0) is 24.9 Å². The molecule has 106 valence electrons. The molecule has 19 heavy (non-hydrogen) atoms. The van der Waals surface area contributed by atoms with Crippen LogP contribution in [-0.2, 0) is 11.3 Å². The van der Waals surface area contributed by atoms with E-state index in [0.717, 1.165) is 24.9 Å². The predicted octanol–water partition coefficient (Wildman–Crippen LogP) is 1.02. The van der Waals surface area contributed by atoms with Crippen LogP contribution >= 0.6 is 0 Å². The van der Waals surface area contributed by atoms with E-state index in [1.165, 1.54) is 0 Å². The fourth-order valence-electron chi connectivity index (χ4n) is 2.43. The largest absolute Gasteiger partial charge is 0.392 e. The van der Waals surface area contributed by atoms with E-state index < -0.39 is 6.10 Å². The molecular formula is C15H23NO3. The smallest absolute Gasteiger partial charge is 0.0900 e. The highest BCUT2D eigenvalue weighted by Crippen LogP contribution is 2.10. The Morgan fingerprint density at radius 2 is 2.11 bits per heavy atom. The van der Waals surface area contributed by atoms with Crippen molar-refractivity contribution in [1.82, 2.24) is 4.90 Å². The molecule has 2 rings (SSSR count). The van der Waals surface area contributed by atoms with Crippen LogP contribution in [0.25, 0.3) is 0 Å². The minimum absolute atomic E-state index is 0.244. The molecule has 1 heterocycles. The zero-order valence-corrected chi connectivity index (χ0v) is 11.2. The van der Waals surface area contributed by atoms with Gasteiger partial charge in [-0.2, -0.15) is 0 Å². The SMILES string of the molecule is O[C@H](COCc1ccccc1)CN1CCC[C@H](O)C1. The zero-order chi connectivity index (χ0) is 13.5. The van der Waals surface area contributed by atoms with Crippen molar-refractivity contribution in [2.45, 2.75) is 31.7 Å². The quantitative estimate of drug-likeness (QED) is 0.806. The number of rotatable bonds is 6. The fourth-order valence-corrected chi connectivity index (χ4v) is 2.43. The monoisotopic (exact) mass is 265 g/mol. The average Bonchev–Trinajstić information content (AvgIpc) is 2.40. The maximum atomic E-state index is 9.92. The Labute approximate surface area is 114 Å². The van der Waals surface area contributed by atoms with Crippen LogP contribution in [-0.4, -0.2) is 53.6 Å². The van der Waals surface area contributed by atoms with Crippen molar-refractivity contribution < 1.29 is 14.9 Å². The highest BCUT2D eigenvalue weighted by molar-refractivity contribution is 5.13. The number of aliphatic hydroxyl groups excluding tert-OH is 2. The zero-order valence-electron chi connectivity index (χ0n) is 11.2.